The molecule has 1 fully saturated rings. The Labute approximate surface area is 118 Å². The number of carbonyl (C=O) groups excluding carboxylic acids is 1. The van der Waals surface area contributed by atoms with Gasteiger partial charge in [-0.1, -0.05) is 22.9 Å². The van der Waals surface area contributed by atoms with Crippen LogP contribution in [0.3, 0.4) is 0 Å². The highest BCUT2D eigenvalue weighted by molar-refractivity contribution is 7.15. The number of carbonyl (C=O) groups is 1. The molecular formula is C12H10ClN3O2S. The molecule has 0 aliphatic heterocycles. The second-order valence-electron chi connectivity index (χ2n) is 4.34. The molecule has 0 spiro atoms. The van der Waals surface area contributed by atoms with Crippen LogP contribution >= 0.6 is 22.9 Å². The smallest absolute Gasteiger partial charge is 0.257 e. The van der Waals surface area contributed by atoms with E-state index in [2.05, 4.69) is 15.5 Å². The highest BCUT2D eigenvalue weighted by atomic mass is 35.5. The minimum absolute atomic E-state index is 0.0508. The van der Waals surface area contributed by atoms with Gasteiger partial charge in [0.1, 0.15) is 10.8 Å². The van der Waals surface area contributed by atoms with Gasteiger partial charge < -0.3 is 5.11 Å². The second-order valence-corrected chi connectivity index (χ2v) is 5.76. The van der Waals surface area contributed by atoms with Crippen molar-refractivity contribution in [1.29, 1.82) is 0 Å². The Bertz CT molecular complexity index is 640. The van der Waals surface area contributed by atoms with E-state index in [0.717, 1.165) is 17.8 Å². The van der Waals surface area contributed by atoms with Crippen molar-refractivity contribution < 1.29 is 9.90 Å². The number of aromatic nitrogens is 2. The molecule has 1 aliphatic carbocycles. The Kier molecular flexibility index (Phi) is 3.12. The first-order valence-electron chi connectivity index (χ1n) is 5.77. The van der Waals surface area contributed by atoms with Crippen molar-refractivity contribution in [3.05, 3.63) is 33.8 Å². The molecule has 1 heterocycles. The predicted molar refractivity (Wildman–Crippen MR) is 73.0 cm³/mol. The molecule has 1 aromatic carbocycles. The van der Waals surface area contributed by atoms with E-state index in [1.165, 1.54) is 29.5 Å². The fourth-order valence-corrected chi connectivity index (χ4v) is 2.69. The van der Waals surface area contributed by atoms with Crippen LogP contribution in [-0.2, 0) is 0 Å². The van der Waals surface area contributed by atoms with Crippen LogP contribution in [0.2, 0.25) is 5.02 Å². The summed E-state index contributed by atoms with van der Waals surface area (Å²) in [6, 6.07) is 4.29. The van der Waals surface area contributed by atoms with E-state index in [1.54, 1.807) is 0 Å². The lowest BCUT2D eigenvalue weighted by atomic mass is 10.2. The molecule has 1 saturated carbocycles. The number of hydrogen-bond donors (Lipinski definition) is 2. The summed E-state index contributed by atoms with van der Waals surface area (Å²) in [6.45, 7) is 0. The molecule has 1 aliphatic rings. The maximum Gasteiger partial charge on any atom is 0.257 e. The lowest BCUT2D eigenvalue weighted by Crippen LogP contribution is -2.11. The fraction of sp³-hybridized carbons (Fsp3) is 0.250. The van der Waals surface area contributed by atoms with Crippen molar-refractivity contribution in [2.24, 2.45) is 0 Å². The summed E-state index contributed by atoms with van der Waals surface area (Å²) in [5.41, 5.74) is 0.367. The minimum Gasteiger partial charge on any atom is -0.506 e. The van der Waals surface area contributed by atoms with Crippen LogP contribution in [-0.4, -0.2) is 21.2 Å². The maximum atomic E-state index is 12.0. The van der Waals surface area contributed by atoms with E-state index in [1.807, 2.05) is 0 Å². The zero-order valence-corrected chi connectivity index (χ0v) is 11.3. The SMILES string of the molecule is O=C(Nc1nnc(C2CC2)s1)c1ccc(O)c(Cl)c1. The molecule has 1 amide bonds. The van der Waals surface area contributed by atoms with Crippen LogP contribution in [0.4, 0.5) is 5.13 Å². The molecule has 3 rings (SSSR count). The van der Waals surface area contributed by atoms with Gasteiger partial charge >= 0.3 is 0 Å². The van der Waals surface area contributed by atoms with Crippen LogP contribution in [0.25, 0.3) is 0 Å². The summed E-state index contributed by atoms with van der Waals surface area (Å²) in [5, 5.41) is 21.6. The number of rotatable bonds is 3. The summed E-state index contributed by atoms with van der Waals surface area (Å²) in [5.74, 6) is 0.150. The number of nitrogens with zero attached hydrogens (tertiary/aromatic N) is 2. The van der Waals surface area contributed by atoms with Gasteiger partial charge in [-0.25, -0.2) is 0 Å². The number of anilines is 1. The van der Waals surface area contributed by atoms with E-state index >= 15 is 0 Å². The minimum atomic E-state index is -0.319. The van der Waals surface area contributed by atoms with Crippen LogP contribution in [0.1, 0.15) is 34.1 Å². The molecule has 2 N–H and O–H groups in total. The van der Waals surface area contributed by atoms with E-state index < -0.39 is 0 Å². The summed E-state index contributed by atoms with van der Waals surface area (Å²) in [4.78, 5) is 12.0. The first-order valence-corrected chi connectivity index (χ1v) is 6.96. The van der Waals surface area contributed by atoms with Gasteiger partial charge in [-0.05, 0) is 31.0 Å². The second kappa shape index (κ2) is 4.79. The number of phenols is 1. The van der Waals surface area contributed by atoms with Crippen molar-refractivity contribution in [2.75, 3.05) is 5.32 Å². The van der Waals surface area contributed by atoms with Crippen molar-refractivity contribution in [3.63, 3.8) is 0 Å². The third-order valence-corrected chi connectivity index (χ3v) is 4.10. The van der Waals surface area contributed by atoms with Crippen LogP contribution < -0.4 is 5.32 Å². The first kappa shape index (κ1) is 12.4. The highest BCUT2D eigenvalue weighted by Gasteiger charge is 2.27. The number of aromatic hydroxyl groups is 1. The Morgan fingerprint density at radius 1 is 1.42 bits per heavy atom. The fourth-order valence-electron chi connectivity index (χ4n) is 1.60. The number of benzene rings is 1. The summed E-state index contributed by atoms with van der Waals surface area (Å²) < 4.78 is 0. The topological polar surface area (TPSA) is 75.1 Å². The van der Waals surface area contributed by atoms with Crippen LogP contribution in [0.15, 0.2) is 18.2 Å². The molecule has 2 aromatic rings. The summed E-state index contributed by atoms with van der Waals surface area (Å²) in [7, 11) is 0. The Morgan fingerprint density at radius 3 is 2.89 bits per heavy atom. The third kappa shape index (κ3) is 2.69. The van der Waals surface area contributed by atoms with Gasteiger partial charge in [0.2, 0.25) is 5.13 Å². The molecule has 0 radical (unpaired) electrons. The molecule has 0 saturated heterocycles. The number of amides is 1. The van der Waals surface area contributed by atoms with Crippen LogP contribution in [0.5, 0.6) is 5.75 Å². The molecule has 5 nitrogen and oxygen atoms in total. The molecule has 19 heavy (non-hydrogen) atoms. The van der Waals surface area contributed by atoms with Gasteiger partial charge in [-0.3, -0.25) is 10.1 Å². The first-order chi connectivity index (χ1) is 9.13. The maximum absolute atomic E-state index is 12.0. The van der Waals surface area contributed by atoms with E-state index in [-0.39, 0.29) is 16.7 Å². The summed E-state index contributed by atoms with van der Waals surface area (Å²) in [6.07, 6.45) is 2.30. The average Bonchev–Trinajstić information content (AvgIpc) is 3.14. The zero-order chi connectivity index (χ0) is 13.4. The van der Waals surface area contributed by atoms with Gasteiger partial charge in [0, 0.05) is 11.5 Å². The quantitative estimate of drug-likeness (QED) is 0.912. The van der Waals surface area contributed by atoms with Gasteiger partial charge in [0.15, 0.2) is 0 Å². The monoisotopic (exact) mass is 295 g/mol. The molecule has 0 unspecified atom stereocenters. The van der Waals surface area contributed by atoms with Gasteiger partial charge in [0.05, 0.1) is 5.02 Å². The van der Waals surface area contributed by atoms with Gasteiger partial charge in [-0.2, -0.15) is 0 Å². The zero-order valence-electron chi connectivity index (χ0n) is 9.76. The summed E-state index contributed by atoms with van der Waals surface area (Å²) >= 11 is 7.16. The Balaban J connectivity index is 1.74. The van der Waals surface area contributed by atoms with Crippen molar-refractivity contribution in [2.45, 2.75) is 18.8 Å². The highest BCUT2D eigenvalue weighted by Crippen LogP contribution is 2.42. The Hall–Kier alpha value is -1.66. The van der Waals surface area contributed by atoms with E-state index in [4.69, 9.17) is 11.6 Å². The van der Waals surface area contributed by atoms with Gasteiger partial charge in [0.25, 0.3) is 5.91 Å². The molecule has 7 heteroatoms. The molecular weight excluding hydrogens is 286 g/mol. The lowest BCUT2D eigenvalue weighted by Gasteiger charge is -2.02. The third-order valence-electron chi connectivity index (χ3n) is 2.80. The number of halogens is 1. The molecule has 1 aromatic heterocycles. The van der Waals surface area contributed by atoms with Crippen LogP contribution in [0, 0.1) is 0 Å². The largest absolute Gasteiger partial charge is 0.506 e. The Morgan fingerprint density at radius 2 is 2.21 bits per heavy atom. The van der Waals surface area contributed by atoms with E-state index in [9.17, 15) is 9.90 Å². The molecule has 0 atom stereocenters. The molecule has 0 bridgehead atoms. The number of phenolic OH excluding ortho intramolecular Hbond substituents is 1. The predicted octanol–water partition coefficient (Wildman–Crippen LogP) is 3.03. The van der Waals surface area contributed by atoms with Crippen molar-refractivity contribution >= 4 is 34.0 Å². The normalized spacial score (nSPS) is 14.4. The molecule has 98 valence electrons. The van der Waals surface area contributed by atoms with Crippen molar-refractivity contribution in [3.8, 4) is 5.75 Å². The lowest BCUT2D eigenvalue weighted by molar-refractivity contribution is 0.102. The van der Waals surface area contributed by atoms with Crippen molar-refractivity contribution in [1.82, 2.24) is 10.2 Å². The van der Waals surface area contributed by atoms with Gasteiger partial charge in [-0.15, -0.1) is 10.2 Å². The number of hydrogen-bond acceptors (Lipinski definition) is 5. The standard InChI is InChI=1S/C12H10ClN3O2S/c13-8-5-7(3-4-9(8)17)10(18)14-12-16-15-11(19-12)6-1-2-6/h3-6,17H,1-2H2,(H,14,16,18). The average molecular weight is 296 g/mol. The number of nitrogens with one attached hydrogen (secondary N) is 1. The van der Waals surface area contributed by atoms with E-state index in [0.29, 0.717) is 16.6 Å².